The summed E-state index contributed by atoms with van der Waals surface area (Å²) in [7, 11) is 0. The second-order valence-electron chi connectivity index (χ2n) is 5.94. The molecule has 0 atom stereocenters. The lowest BCUT2D eigenvalue weighted by atomic mass is 10.1. The van der Waals surface area contributed by atoms with Crippen LogP contribution in [0, 0.1) is 6.92 Å². The zero-order chi connectivity index (χ0) is 20.1. The van der Waals surface area contributed by atoms with E-state index in [-0.39, 0.29) is 28.3 Å². The third-order valence-corrected chi connectivity index (χ3v) is 4.19. The molecule has 0 saturated heterocycles. The van der Waals surface area contributed by atoms with Crippen molar-refractivity contribution >= 4 is 22.5 Å². The van der Waals surface area contributed by atoms with Gasteiger partial charge in [0, 0.05) is 17.3 Å². The highest BCUT2D eigenvalue weighted by Gasteiger charge is 2.36. The Labute approximate surface area is 160 Å². The van der Waals surface area contributed by atoms with Crippen LogP contribution in [0.3, 0.4) is 0 Å². The first-order valence-electron chi connectivity index (χ1n) is 7.94. The molecular formula is C18H10ClF3N4O2. The molecule has 0 amide bonds. The molecule has 0 N–H and O–H groups in total. The normalized spacial score (nSPS) is 11.9. The third-order valence-electron chi connectivity index (χ3n) is 3.97. The summed E-state index contributed by atoms with van der Waals surface area (Å²) in [5.74, 6) is -0.193. The molecule has 3 aromatic heterocycles. The monoisotopic (exact) mass is 406 g/mol. The van der Waals surface area contributed by atoms with Crippen LogP contribution in [0.25, 0.3) is 28.3 Å². The number of benzene rings is 1. The smallest absolute Gasteiger partial charge is 0.401 e. The minimum atomic E-state index is -4.70. The van der Waals surface area contributed by atoms with Crippen molar-refractivity contribution in [3.63, 3.8) is 0 Å². The maximum absolute atomic E-state index is 13.2. The number of nitrogens with zero attached hydrogens (tertiary/aromatic N) is 4. The Bertz CT molecular complexity index is 1250. The summed E-state index contributed by atoms with van der Waals surface area (Å²) < 4.78 is 45.8. The number of aromatic nitrogens is 4. The Kier molecular flexibility index (Phi) is 4.19. The Morgan fingerprint density at radius 2 is 1.96 bits per heavy atom. The first-order valence-corrected chi connectivity index (χ1v) is 8.32. The Morgan fingerprint density at radius 3 is 2.64 bits per heavy atom. The van der Waals surface area contributed by atoms with Crippen LogP contribution >= 0.6 is 11.6 Å². The summed E-state index contributed by atoms with van der Waals surface area (Å²) in [5, 5.41) is 4.04. The van der Waals surface area contributed by atoms with Gasteiger partial charge >= 0.3 is 11.8 Å². The van der Waals surface area contributed by atoms with Gasteiger partial charge in [0.1, 0.15) is 5.69 Å². The lowest BCUT2D eigenvalue weighted by Crippen LogP contribution is -2.09. The molecule has 0 radical (unpaired) electrons. The van der Waals surface area contributed by atoms with Crippen molar-refractivity contribution in [3.05, 3.63) is 69.3 Å². The summed E-state index contributed by atoms with van der Waals surface area (Å²) in [5.41, 5.74) is -1.23. The summed E-state index contributed by atoms with van der Waals surface area (Å²) in [6, 6.07) is 8.43. The molecule has 0 bridgehead atoms. The van der Waals surface area contributed by atoms with Gasteiger partial charge in [-0.3, -0.25) is 0 Å². The lowest BCUT2D eigenvalue weighted by Gasteiger charge is -2.07. The quantitative estimate of drug-likeness (QED) is 0.493. The van der Waals surface area contributed by atoms with Gasteiger partial charge in [-0.25, -0.2) is 19.4 Å². The van der Waals surface area contributed by atoms with E-state index in [0.29, 0.717) is 10.6 Å². The predicted octanol–water partition coefficient (Wildman–Crippen LogP) is 4.42. The van der Waals surface area contributed by atoms with E-state index in [0.717, 1.165) is 10.7 Å². The van der Waals surface area contributed by atoms with Gasteiger partial charge in [-0.2, -0.15) is 18.3 Å². The molecule has 0 aliphatic rings. The second-order valence-corrected chi connectivity index (χ2v) is 6.37. The van der Waals surface area contributed by atoms with Crippen molar-refractivity contribution in [2.24, 2.45) is 0 Å². The van der Waals surface area contributed by atoms with Crippen LogP contribution in [0.4, 0.5) is 13.2 Å². The summed E-state index contributed by atoms with van der Waals surface area (Å²) in [6.45, 7) is 1.68. The molecule has 10 heteroatoms. The molecule has 6 nitrogen and oxygen atoms in total. The molecule has 0 spiro atoms. The van der Waals surface area contributed by atoms with Gasteiger partial charge in [0.15, 0.2) is 11.5 Å². The highest BCUT2D eigenvalue weighted by Crippen LogP contribution is 2.32. The van der Waals surface area contributed by atoms with E-state index in [9.17, 15) is 18.0 Å². The largest absolute Gasteiger partial charge is 0.435 e. The van der Waals surface area contributed by atoms with E-state index in [1.807, 2.05) is 0 Å². The molecule has 0 aliphatic carbocycles. The topological polar surface area (TPSA) is 73.8 Å². The predicted molar refractivity (Wildman–Crippen MR) is 95.4 cm³/mol. The molecule has 142 valence electrons. The molecule has 4 rings (SSSR count). The van der Waals surface area contributed by atoms with Gasteiger partial charge in [0.25, 0.3) is 0 Å². The number of aryl methyl sites for hydroxylation is 1. The zero-order valence-corrected chi connectivity index (χ0v) is 14.9. The number of alkyl halides is 3. The van der Waals surface area contributed by atoms with Gasteiger partial charge in [-0.1, -0.05) is 17.7 Å². The number of fused-ring (bicyclic) bond motifs is 1. The van der Waals surface area contributed by atoms with Gasteiger partial charge in [-0.05, 0) is 36.8 Å². The number of pyridine rings is 1. The molecule has 3 heterocycles. The summed E-state index contributed by atoms with van der Waals surface area (Å²) in [4.78, 5) is 20.7. The average Bonchev–Trinajstić information content (AvgIpc) is 3.09. The minimum absolute atomic E-state index is 0.116. The molecule has 0 saturated carbocycles. The maximum Gasteiger partial charge on any atom is 0.435 e. The SMILES string of the molecule is Cc1cc(Cl)cc2c(=O)oc(-c3cc(C(F)(F)F)nn3-c3ccccn3)nc12. The van der Waals surface area contributed by atoms with Crippen LogP contribution in [0.5, 0.6) is 0 Å². The first-order chi connectivity index (χ1) is 13.2. The van der Waals surface area contributed by atoms with Gasteiger partial charge in [0.05, 0.1) is 10.9 Å². The van der Waals surface area contributed by atoms with Gasteiger partial charge < -0.3 is 4.42 Å². The Hall–Kier alpha value is -3.20. The number of hydrogen-bond donors (Lipinski definition) is 0. The van der Waals surface area contributed by atoms with Crippen molar-refractivity contribution in [1.29, 1.82) is 0 Å². The number of rotatable bonds is 2. The van der Waals surface area contributed by atoms with Crippen LogP contribution in [-0.4, -0.2) is 19.7 Å². The fourth-order valence-electron chi connectivity index (χ4n) is 2.74. The van der Waals surface area contributed by atoms with Crippen LogP contribution in [0.1, 0.15) is 11.3 Å². The summed E-state index contributed by atoms with van der Waals surface area (Å²) in [6.07, 6.45) is -3.29. The fraction of sp³-hybridized carbons (Fsp3) is 0.111. The average molecular weight is 407 g/mol. The first kappa shape index (κ1) is 18.2. The lowest BCUT2D eigenvalue weighted by molar-refractivity contribution is -0.141. The Balaban J connectivity index is 2.01. The van der Waals surface area contributed by atoms with Crippen molar-refractivity contribution < 1.29 is 17.6 Å². The van der Waals surface area contributed by atoms with Crippen LogP contribution in [-0.2, 0) is 6.18 Å². The van der Waals surface area contributed by atoms with Gasteiger partial charge in [-0.15, -0.1) is 0 Å². The third kappa shape index (κ3) is 3.13. The molecule has 28 heavy (non-hydrogen) atoms. The zero-order valence-electron chi connectivity index (χ0n) is 14.2. The highest BCUT2D eigenvalue weighted by atomic mass is 35.5. The Morgan fingerprint density at radius 1 is 1.18 bits per heavy atom. The van der Waals surface area contributed by atoms with E-state index in [2.05, 4.69) is 15.1 Å². The molecule has 1 aromatic carbocycles. The molecule has 0 aliphatic heterocycles. The molecule has 0 fully saturated rings. The van der Waals surface area contributed by atoms with Crippen molar-refractivity contribution in [2.75, 3.05) is 0 Å². The van der Waals surface area contributed by atoms with Crippen LogP contribution in [0.15, 0.2) is 51.8 Å². The number of halogens is 4. The second kappa shape index (κ2) is 6.45. The van der Waals surface area contributed by atoms with Crippen LogP contribution in [0.2, 0.25) is 5.02 Å². The number of hydrogen-bond acceptors (Lipinski definition) is 5. The van der Waals surface area contributed by atoms with Crippen molar-refractivity contribution in [1.82, 2.24) is 19.7 Å². The van der Waals surface area contributed by atoms with Crippen molar-refractivity contribution in [3.8, 4) is 17.4 Å². The highest BCUT2D eigenvalue weighted by molar-refractivity contribution is 6.31. The standard InChI is InChI=1S/C18H10ClF3N4O2/c1-9-6-10(19)7-11-15(9)24-16(28-17(11)27)12-8-13(18(20,21)22)25-26(12)14-4-2-3-5-23-14/h2-8H,1H3. The van der Waals surface area contributed by atoms with E-state index in [4.69, 9.17) is 16.0 Å². The van der Waals surface area contributed by atoms with Crippen LogP contribution < -0.4 is 5.63 Å². The van der Waals surface area contributed by atoms with Crippen molar-refractivity contribution in [2.45, 2.75) is 13.1 Å². The van der Waals surface area contributed by atoms with E-state index in [1.165, 1.54) is 18.3 Å². The maximum atomic E-state index is 13.2. The fourth-order valence-corrected chi connectivity index (χ4v) is 3.01. The van der Waals surface area contributed by atoms with E-state index in [1.54, 1.807) is 25.1 Å². The van der Waals surface area contributed by atoms with E-state index < -0.39 is 17.5 Å². The molecular weight excluding hydrogens is 397 g/mol. The molecule has 0 unspecified atom stereocenters. The van der Waals surface area contributed by atoms with E-state index >= 15 is 0 Å². The summed E-state index contributed by atoms with van der Waals surface area (Å²) >= 11 is 5.96. The van der Waals surface area contributed by atoms with Gasteiger partial charge in [0.2, 0.25) is 5.89 Å². The molecule has 4 aromatic rings. The minimum Gasteiger partial charge on any atom is -0.401 e.